The lowest BCUT2D eigenvalue weighted by atomic mass is 9.93. The van der Waals surface area contributed by atoms with Crippen LogP contribution in [-0.4, -0.2) is 35.8 Å². The standard InChI is InChI=1S/C16H21BrN2O2/c1-11-14(20)19(13-7-5-12(17)6-8-13)10-9-18(11)15(21)16(2,3)4/h5-8,11H,9-10H2,1-4H3/t11-/m0/s1. The Bertz CT molecular complexity index is 548. The lowest BCUT2D eigenvalue weighted by Gasteiger charge is -2.41. The molecule has 0 saturated carbocycles. The van der Waals surface area contributed by atoms with Gasteiger partial charge in [0.05, 0.1) is 0 Å². The minimum absolute atomic E-state index is 0.0267. The molecule has 1 saturated heterocycles. The van der Waals surface area contributed by atoms with Gasteiger partial charge in [-0.25, -0.2) is 0 Å². The third-order valence-corrected chi connectivity index (χ3v) is 4.22. The summed E-state index contributed by atoms with van der Waals surface area (Å²) in [5, 5.41) is 0. The van der Waals surface area contributed by atoms with E-state index in [0.29, 0.717) is 13.1 Å². The highest BCUT2D eigenvalue weighted by Crippen LogP contribution is 2.25. The fourth-order valence-electron chi connectivity index (χ4n) is 2.46. The molecule has 114 valence electrons. The minimum Gasteiger partial charge on any atom is -0.329 e. The Morgan fingerprint density at radius 1 is 1.19 bits per heavy atom. The van der Waals surface area contributed by atoms with Crippen LogP contribution >= 0.6 is 15.9 Å². The molecule has 1 fully saturated rings. The van der Waals surface area contributed by atoms with Crippen molar-refractivity contribution in [1.29, 1.82) is 0 Å². The van der Waals surface area contributed by atoms with Gasteiger partial charge in [-0.15, -0.1) is 0 Å². The first-order valence-corrected chi connectivity index (χ1v) is 7.89. The Morgan fingerprint density at radius 2 is 1.76 bits per heavy atom. The lowest BCUT2D eigenvalue weighted by Crippen LogP contribution is -2.59. The average molecular weight is 353 g/mol. The molecule has 1 aliphatic heterocycles. The van der Waals surface area contributed by atoms with Gasteiger partial charge in [-0.1, -0.05) is 36.7 Å². The molecule has 0 unspecified atom stereocenters. The van der Waals surface area contributed by atoms with E-state index in [1.54, 1.807) is 16.7 Å². The van der Waals surface area contributed by atoms with Crippen molar-refractivity contribution >= 4 is 33.4 Å². The van der Waals surface area contributed by atoms with Crippen LogP contribution in [0.3, 0.4) is 0 Å². The van der Waals surface area contributed by atoms with Crippen molar-refractivity contribution in [2.45, 2.75) is 33.7 Å². The Hall–Kier alpha value is -1.36. The highest BCUT2D eigenvalue weighted by atomic mass is 79.9. The zero-order chi connectivity index (χ0) is 15.8. The van der Waals surface area contributed by atoms with Crippen molar-refractivity contribution in [2.75, 3.05) is 18.0 Å². The fourth-order valence-corrected chi connectivity index (χ4v) is 2.72. The molecule has 0 bridgehead atoms. The van der Waals surface area contributed by atoms with Crippen molar-refractivity contribution in [3.8, 4) is 0 Å². The highest BCUT2D eigenvalue weighted by molar-refractivity contribution is 9.10. The van der Waals surface area contributed by atoms with Crippen LogP contribution in [0.15, 0.2) is 28.7 Å². The molecule has 1 aromatic rings. The second-order valence-corrected chi connectivity index (χ2v) is 7.31. The summed E-state index contributed by atoms with van der Waals surface area (Å²) < 4.78 is 0.980. The summed E-state index contributed by atoms with van der Waals surface area (Å²) in [5.41, 5.74) is 0.409. The molecule has 2 rings (SSSR count). The number of anilines is 1. The Morgan fingerprint density at radius 3 is 2.29 bits per heavy atom. The van der Waals surface area contributed by atoms with Gasteiger partial charge in [0, 0.05) is 28.7 Å². The summed E-state index contributed by atoms with van der Waals surface area (Å²) >= 11 is 3.39. The van der Waals surface area contributed by atoms with Gasteiger partial charge in [0.2, 0.25) is 11.8 Å². The van der Waals surface area contributed by atoms with Crippen LogP contribution in [0.5, 0.6) is 0 Å². The van der Waals surface area contributed by atoms with Gasteiger partial charge in [0.1, 0.15) is 6.04 Å². The van der Waals surface area contributed by atoms with Crippen LogP contribution in [0.4, 0.5) is 5.69 Å². The number of benzene rings is 1. The zero-order valence-electron chi connectivity index (χ0n) is 12.9. The number of carbonyl (C=O) groups is 2. The van der Waals surface area contributed by atoms with Crippen molar-refractivity contribution in [3.05, 3.63) is 28.7 Å². The molecule has 4 nitrogen and oxygen atoms in total. The van der Waals surface area contributed by atoms with Crippen LogP contribution in [0.2, 0.25) is 0 Å². The number of carbonyl (C=O) groups excluding carboxylic acids is 2. The highest BCUT2D eigenvalue weighted by Gasteiger charge is 2.38. The molecule has 21 heavy (non-hydrogen) atoms. The van der Waals surface area contributed by atoms with E-state index in [-0.39, 0.29) is 11.8 Å². The minimum atomic E-state index is -0.464. The summed E-state index contributed by atoms with van der Waals surface area (Å²) in [6.45, 7) is 8.55. The summed E-state index contributed by atoms with van der Waals surface area (Å²) in [4.78, 5) is 28.4. The quantitative estimate of drug-likeness (QED) is 0.779. The zero-order valence-corrected chi connectivity index (χ0v) is 14.5. The molecule has 0 aromatic heterocycles. The van der Waals surface area contributed by atoms with Crippen LogP contribution in [0.1, 0.15) is 27.7 Å². The van der Waals surface area contributed by atoms with Crippen molar-refractivity contribution in [1.82, 2.24) is 4.90 Å². The molecule has 2 amide bonds. The van der Waals surface area contributed by atoms with Crippen LogP contribution in [0.25, 0.3) is 0 Å². The predicted molar refractivity (Wildman–Crippen MR) is 87.1 cm³/mol. The molecule has 0 N–H and O–H groups in total. The Kier molecular flexibility index (Phi) is 4.42. The number of hydrogen-bond donors (Lipinski definition) is 0. The van der Waals surface area contributed by atoms with E-state index < -0.39 is 11.5 Å². The molecular formula is C16H21BrN2O2. The normalized spacial score (nSPS) is 19.9. The number of rotatable bonds is 1. The molecule has 0 aliphatic carbocycles. The SMILES string of the molecule is C[C@H]1C(=O)N(c2ccc(Br)cc2)CCN1C(=O)C(C)(C)C. The van der Waals surface area contributed by atoms with E-state index >= 15 is 0 Å². The van der Waals surface area contributed by atoms with Gasteiger partial charge in [-0.2, -0.15) is 0 Å². The van der Waals surface area contributed by atoms with E-state index in [4.69, 9.17) is 0 Å². The van der Waals surface area contributed by atoms with Gasteiger partial charge in [0.25, 0.3) is 0 Å². The first-order chi connectivity index (χ1) is 9.71. The summed E-state index contributed by atoms with van der Waals surface area (Å²) in [7, 11) is 0. The van der Waals surface area contributed by atoms with E-state index in [0.717, 1.165) is 10.2 Å². The first-order valence-electron chi connectivity index (χ1n) is 7.10. The first kappa shape index (κ1) is 16.0. The smallest absolute Gasteiger partial charge is 0.249 e. The molecule has 0 spiro atoms. The lowest BCUT2D eigenvalue weighted by molar-refractivity contribution is -0.147. The fraction of sp³-hybridized carbons (Fsp3) is 0.500. The van der Waals surface area contributed by atoms with Crippen LogP contribution < -0.4 is 4.90 Å². The summed E-state index contributed by atoms with van der Waals surface area (Å²) in [5.74, 6) is -0.0000198. The number of piperazine rings is 1. The monoisotopic (exact) mass is 352 g/mol. The topological polar surface area (TPSA) is 40.6 Å². The molecule has 1 aliphatic rings. The van der Waals surface area contributed by atoms with E-state index in [2.05, 4.69) is 15.9 Å². The van der Waals surface area contributed by atoms with Crippen molar-refractivity contribution in [2.24, 2.45) is 5.41 Å². The molecular weight excluding hydrogens is 332 g/mol. The second kappa shape index (κ2) is 5.79. The van der Waals surface area contributed by atoms with Crippen molar-refractivity contribution < 1.29 is 9.59 Å². The molecule has 1 atom stereocenters. The second-order valence-electron chi connectivity index (χ2n) is 6.39. The molecule has 0 radical (unpaired) electrons. The van der Waals surface area contributed by atoms with Crippen LogP contribution in [0, 0.1) is 5.41 Å². The number of halogens is 1. The Labute approximate surface area is 134 Å². The number of nitrogens with zero attached hydrogens (tertiary/aromatic N) is 2. The van der Waals surface area contributed by atoms with Crippen LogP contribution in [-0.2, 0) is 9.59 Å². The third-order valence-electron chi connectivity index (χ3n) is 3.70. The van der Waals surface area contributed by atoms with E-state index in [1.807, 2.05) is 45.0 Å². The maximum absolute atomic E-state index is 12.6. The van der Waals surface area contributed by atoms with Gasteiger partial charge in [0.15, 0.2) is 0 Å². The maximum atomic E-state index is 12.6. The van der Waals surface area contributed by atoms with E-state index in [9.17, 15) is 9.59 Å². The largest absolute Gasteiger partial charge is 0.329 e. The third kappa shape index (κ3) is 3.28. The van der Waals surface area contributed by atoms with E-state index in [1.165, 1.54) is 0 Å². The summed E-state index contributed by atoms with van der Waals surface area (Å²) in [6.07, 6.45) is 0. The predicted octanol–water partition coefficient (Wildman–Crippen LogP) is 3.06. The average Bonchev–Trinajstić information content (AvgIpc) is 2.41. The maximum Gasteiger partial charge on any atom is 0.249 e. The van der Waals surface area contributed by atoms with Gasteiger partial charge < -0.3 is 9.80 Å². The molecule has 1 heterocycles. The van der Waals surface area contributed by atoms with Gasteiger partial charge in [-0.05, 0) is 31.2 Å². The number of amides is 2. The van der Waals surface area contributed by atoms with Crippen molar-refractivity contribution in [3.63, 3.8) is 0 Å². The summed E-state index contributed by atoms with van der Waals surface area (Å²) in [6, 6.07) is 7.24. The molecule has 5 heteroatoms. The Balaban J connectivity index is 2.18. The van der Waals surface area contributed by atoms with Gasteiger partial charge in [-0.3, -0.25) is 9.59 Å². The van der Waals surface area contributed by atoms with Gasteiger partial charge >= 0.3 is 0 Å². The molecule has 1 aromatic carbocycles. The number of hydrogen-bond acceptors (Lipinski definition) is 2.